The van der Waals surface area contributed by atoms with Crippen LogP contribution in [0.1, 0.15) is 12.5 Å². The third-order valence-electron chi connectivity index (χ3n) is 3.90. The van der Waals surface area contributed by atoms with Gasteiger partial charge < -0.3 is 15.4 Å². The predicted octanol–water partition coefficient (Wildman–Crippen LogP) is 0.794. The Morgan fingerprint density at radius 2 is 1.96 bits per heavy atom. The van der Waals surface area contributed by atoms with Crippen molar-refractivity contribution in [2.75, 3.05) is 45.9 Å². The standard InChI is InChI=1S/C18H24FN3O3/c1-14(12-15-4-2-3-5-16(15)19)18(24)21-13-17(23)20-6-7-22-8-10-25-11-9-22/h2-5,12H,6-11,13H2,1H3,(H,20,23)(H,21,24)/b14-12+. The molecule has 7 heteroatoms. The second kappa shape index (κ2) is 9.90. The number of halogens is 1. The van der Waals surface area contributed by atoms with Gasteiger partial charge in [0.1, 0.15) is 5.82 Å². The van der Waals surface area contributed by atoms with Crippen molar-refractivity contribution in [3.05, 3.63) is 41.2 Å². The maximum atomic E-state index is 13.6. The van der Waals surface area contributed by atoms with Crippen molar-refractivity contribution in [3.63, 3.8) is 0 Å². The van der Waals surface area contributed by atoms with Gasteiger partial charge in [0.25, 0.3) is 0 Å². The smallest absolute Gasteiger partial charge is 0.247 e. The first-order valence-electron chi connectivity index (χ1n) is 8.34. The number of nitrogens with zero attached hydrogens (tertiary/aromatic N) is 1. The van der Waals surface area contributed by atoms with Crippen LogP contribution in [0, 0.1) is 5.82 Å². The molecule has 6 nitrogen and oxygen atoms in total. The van der Waals surface area contributed by atoms with Crippen LogP contribution in [0.4, 0.5) is 4.39 Å². The zero-order chi connectivity index (χ0) is 18.1. The Morgan fingerprint density at radius 3 is 2.68 bits per heavy atom. The minimum atomic E-state index is -0.397. The molecule has 0 aliphatic carbocycles. The highest BCUT2D eigenvalue weighted by atomic mass is 19.1. The highest BCUT2D eigenvalue weighted by molar-refractivity contribution is 5.99. The Morgan fingerprint density at radius 1 is 1.24 bits per heavy atom. The summed E-state index contributed by atoms with van der Waals surface area (Å²) in [4.78, 5) is 26.0. The molecule has 1 aromatic carbocycles. The van der Waals surface area contributed by atoms with Gasteiger partial charge in [0, 0.05) is 37.3 Å². The van der Waals surface area contributed by atoms with E-state index in [1.807, 2.05) is 0 Å². The van der Waals surface area contributed by atoms with E-state index in [2.05, 4.69) is 15.5 Å². The lowest BCUT2D eigenvalue weighted by molar-refractivity contribution is -0.124. The van der Waals surface area contributed by atoms with Crippen molar-refractivity contribution >= 4 is 17.9 Å². The Labute approximate surface area is 147 Å². The third kappa shape index (κ3) is 6.64. The third-order valence-corrected chi connectivity index (χ3v) is 3.90. The zero-order valence-electron chi connectivity index (χ0n) is 14.4. The van der Waals surface area contributed by atoms with Crippen LogP contribution in [-0.2, 0) is 14.3 Å². The molecule has 1 fully saturated rings. The van der Waals surface area contributed by atoms with E-state index in [4.69, 9.17) is 4.74 Å². The number of rotatable bonds is 7. The number of morpholine rings is 1. The molecule has 0 atom stereocenters. The summed E-state index contributed by atoms with van der Waals surface area (Å²) in [5.74, 6) is -1.04. The lowest BCUT2D eigenvalue weighted by atomic mass is 10.1. The number of hydrogen-bond donors (Lipinski definition) is 2. The summed E-state index contributed by atoms with van der Waals surface area (Å²) in [6.45, 7) is 5.94. The summed E-state index contributed by atoms with van der Waals surface area (Å²) >= 11 is 0. The van der Waals surface area contributed by atoms with Gasteiger partial charge in [-0.05, 0) is 19.1 Å². The van der Waals surface area contributed by atoms with Crippen molar-refractivity contribution < 1.29 is 18.7 Å². The van der Waals surface area contributed by atoms with Gasteiger partial charge in [-0.1, -0.05) is 18.2 Å². The minimum absolute atomic E-state index is 0.107. The number of amides is 2. The average molecular weight is 349 g/mol. The molecule has 0 saturated carbocycles. The zero-order valence-corrected chi connectivity index (χ0v) is 14.4. The van der Waals surface area contributed by atoms with E-state index in [9.17, 15) is 14.0 Å². The highest BCUT2D eigenvalue weighted by Crippen LogP contribution is 2.11. The molecule has 1 saturated heterocycles. The van der Waals surface area contributed by atoms with Gasteiger partial charge in [-0.25, -0.2) is 4.39 Å². The molecular formula is C18H24FN3O3. The lowest BCUT2D eigenvalue weighted by Gasteiger charge is -2.26. The Bertz CT molecular complexity index is 628. The number of hydrogen-bond acceptors (Lipinski definition) is 4. The molecular weight excluding hydrogens is 325 g/mol. The van der Waals surface area contributed by atoms with Crippen molar-refractivity contribution in [3.8, 4) is 0 Å². The SMILES string of the molecule is C/C(=C\c1ccccc1F)C(=O)NCC(=O)NCCN1CCOCC1. The summed E-state index contributed by atoms with van der Waals surface area (Å²) in [6.07, 6.45) is 1.46. The van der Waals surface area contributed by atoms with Crippen LogP contribution < -0.4 is 10.6 Å². The molecule has 2 N–H and O–H groups in total. The second-order valence-corrected chi connectivity index (χ2v) is 5.84. The molecule has 25 heavy (non-hydrogen) atoms. The van der Waals surface area contributed by atoms with Gasteiger partial charge >= 0.3 is 0 Å². The molecule has 2 rings (SSSR count). The Kier molecular flexibility index (Phi) is 7.56. The Hall–Kier alpha value is -2.25. The largest absolute Gasteiger partial charge is 0.379 e. The minimum Gasteiger partial charge on any atom is -0.379 e. The summed E-state index contributed by atoms with van der Waals surface area (Å²) in [6, 6.07) is 6.20. The van der Waals surface area contributed by atoms with Crippen molar-refractivity contribution in [2.24, 2.45) is 0 Å². The predicted molar refractivity (Wildman–Crippen MR) is 93.3 cm³/mol. The van der Waals surface area contributed by atoms with E-state index in [0.717, 1.165) is 32.8 Å². The molecule has 2 amide bonds. The van der Waals surface area contributed by atoms with E-state index in [1.54, 1.807) is 25.1 Å². The van der Waals surface area contributed by atoms with Gasteiger partial charge in [-0.15, -0.1) is 0 Å². The summed E-state index contributed by atoms with van der Waals surface area (Å²) in [5, 5.41) is 5.30. The van der Waals surface area contributed by atoms with Crippen molar-refractivity contribution in [1.29, 1.82) is 0 Å². The normalized spacial score (nSPS) is 15.7. The highest BCUT2D eigenvalue weighted by Gasteiger charge is 2.11. The van der Waals surface area contributed by atoms with E-state index >= 15 is 0 Å². The van der Waals surface area contributed by atoms with Crippen LogP contribution in [0.2, 0.25) is 0 Å². The number of ether oxygens (including phenoxy) is 1. The van der Waals surface area contributed by atoms with E-state index in [-0.39, 0.29) is 12.5 Å². The molecule has 1 aliphatic heterocycles. The summed E-state index contributed by atoms with van der Waals surface area (Å²) < 4.78 is 18.8. The molecule has 1 aliphatic rings. The monoisotopic (exact) mass is 349 g/mol. The maximum Gasteiger partial charge on any atom is 0.247 e. The second-order valence-electron chi connectivity index (χ2n) is 5.84. The first-order chi connectivity index (χ1) is 12.1. The van der Waals surface area contributed by atoms with Crippen LogP contribution in [0.25, 0.3) is 6.08 Å². The van der Waals surface area contributed by atoms with Crippen LogP contribution in [0.5, 0.6) is 0 Å². The number of carbonyl (C=O) groups excluding carboxylic acids is 2. The van der Waals surface area contributed by atoms with E-state index in [0.29, 0.717) is 17.7 Å². The lowest BCUT2D eigenvalue weighted by Crippen LogP contribution is -2.43. The topological polar surface area (TPSA) is 70.7 Å². The average Bonchev–Trinajstić information content (AvgIpc) is 2.62. The van der Waals surface area contributed by atoms with Gasteiger partial charge in [-0.3, -0.25) is 14.5 Å². The van der Waals surface area contributed by atoms with Crippen molar-refractivity contribution in [1.82, 2.24) is 15.5 Å². The van der Waals surface area contributed by atoms with E-state index < -0.39 is 11.7 Å². The number of nitrogens with one attached hydrogen (secondary N) is 2. The molecule has 0 radical (unpaired) electrons. The molecule has 1 aromatic rings. The first kappa shape index (κ1) is 19.1. The maximum absolute atomic E-state index is 13.6. The number of carbonyl (C=O) groups is 2. The summed E-state index contributed by atoms with van der Waals surface area (Å²) in [5.41, 5.74) is 0.677. The van der Waals surface area contributed by atoms with Gasteiger partial charge in [0.2, 0.25) is 11.8 Å². The first-order valence-corrected chi connectivity index (χ1v) is 8.34. The van der Waals surface area contributed by atoms with Crippen LogP contribution in [0.3, 0.4) is 0 Å². The molecule has 0 aromatic heterocycles. The number of benzene rings is 1. The molecule has 0 spiro atoms. The van der Waals surface area contributed by atoms with Gasteiger partial charge in [0.05, 0.1) is 19.8 Å². The molecule has 1 heterocycles. The van der Waals surface area contributed by atoms with Gasteiger partial charge in [0.15, 0.2) is 0 Å². The van der Waals surface area contributed by atoms with Crippen LogP contribution in [0.15, 0.2) is 29.8 Å². The van der Waals surface area contributed by atoms with Crippen molar-refractivity contribution in [2.45, 2.75) is 6.92 Å². The van der Waals surface area contributed by atoms with E-state index in [1.165, 1.54) is 12.1 Å². The summed E-state index contributed by atoms with van der Waals surface area (Å²) in [7, 11) is 0. The van der Waals surface area contributed by atoms with Gasteiger partial charge in [-0.2, -0.15) is 0 Å². The molecule has 0 unspecified atom stereocenters. The quantitative estimate of drug-likeness (QED) is 0.714. The fourth-order valence-corrected chi connectivity index (χ4v) is 2.43. The Balaban J connectivity index is 1.69. The molecule has 0 bridgehead atoms. The fourth-order valence-electron chi connectivity index (χ4n) is 2.43. The van der Waals surface area contributed by atoms with Crippen LogP contribution in [-0.4, -0.2) is 62.7 Å². The molecule has 136 valence electrons. The fraction of sp³-hybridized carbons (Fsp3) is 0.444. The van der Waals surface area contributed by atoms with Crippen LogP contribution >= 0.6 is 0 Å².